The monoisotopic (exact) mass is 1250 g/mol. The van der Waals surface area contributed by atoms with Gasteiger partial charge in [0.05, 0.1) is 24.4 Å². The van der Waals surface area contributed by atoms with E-state index in [1.165, 1.54) is 5.57 Å². The number of hydrogen-bond donors (Lipinski definition) is 7. The van der Waals surface area contributed by atoms with Crippen molar-refractivity contribution in [1.29, 1.82) is 0 Å². The summed E-state index contributed by atoms with van der Waals surface area (Å²) in [4.78, 5) is 0. The number of aliphatic hydroxyl groups excluding tert-OH is 2. The van der Waals surface area contributed by atoms with E-state index >= 15 is 0 Å². The third-order valence-corrected chi connectivity index (χ3v) is 26.8. The highest BCUT2D eigenvalue weighted by Gasteiger charge is 2.67. The van der Waals surface area contributed by atoms with Gasteiger partial charge in [0.25, 0.3) is 0 Å². The van der Waals surface area contributed by atoms with Crippen LogP contribution < -0.4 is 0 Å². The van der Waals surface area contributed by atoms with E-state index in [9.17, 15) is 75.1 Å². The summed E-state index contributed by atoms with van der Waals surface area (Å²) in [6, 6.07) is 0. The van der Waals surface area contributed by atoms with Crippen LogP contribution in [0, 0.1) is 104 Å². The quantitative estimate of drug-likeness (QED) is 0.0505. The lowest BCUT2D eigenvalue weighted by atomic mass is 9.43. The van der Waals surface area contributed by atoms with Crippen LogP contribution in [0.25, 0.3) is 0 Å². The molecule has 9 fully saturated rings. The highest BCUT2D eigenvalue weighted by Crippen LogP contribution is 2.71. The van der Waals surface area contributed by atoms with E-state index in [0.29, 0.717) is 18.8 Å². The first-order chi connectivity index (χ1) is 37.1. The summed E-state index contributed by atoms with van der Waals surface area (Å²) in [7, 11) is -25.1. The van der Waals surface area contributed by atoms with Crippen molar-refractivity contribution in [3.05, 3.63) is 24.3 Å². The molecule has 0 radical (unpaired) electrons. The zero-order valence-corrected chi connectivity index (χ0v) is 51.5. The summed E-state index contributed by atoms with van der Waals surface area (Å²) >= 11 is 0. The van der Waals surface area contributed by atoms with Crippen molar-refractivity contribution in [3.63, 3.8) is 0 Å². The number of hydrogen-bond acceptors (Lipinski definition) is 17. The third kappa shape index (κ3) is 12.7. The third-order valence-electron chi connectivity index (χ3n) is 24.4. The molecule has 466 valence electrons. The fourth-order valence-electron chi connectivity index (χ4n) is 21.0. The molecule has 0 aliphatic heterocycles. The minimum absolute atomic E-state index is 0.0254. The van der Waals surface area contributed by atoms with E-state index in [-0.39, 0.29) is 108 Å². The molecule has 22 nitrogen and oxygen atoms in total. The second kappa shape index (κ2) is 22.1. The standard InChI is InChI=1S/C54H88O22S5/c1-29(35-11-13-37-32-24-46(73-78(60,61)62)42-26-47(74-79(63,64)65)49(76-81(69,70)71)28-54(42,8)40(32)16-21-51(35,37)5)9-10-34-30(2)15-19-50(34,4)20-18-43(55)31(3)36-12-14-38-33-23-45(72-77(57,58)59)41-25-44(56)48(75-80(66,67)68)27-53(41,7)39(33)17-22-52(36,38)6/h18,20,29,31-49,55-56H,2,9-17,19,21-28H2,1,3-8H3,(H,57,58,59)(H,60,61,62)(H,63,64,65)(H,66,67,68)(H,69,70,71)/b20-18+/t29-,31+,32+,33+,34?,35-,36-,37+,38+,39+,40+,41-,42-,43?,44-,45+,46+,47+,48+,49+,50?,51-,52-,53-,54-/m1/s1. The van der Waals surface area contributed by atoms with Gasteiger partial charge >= 0.3 is 52.0 Å². The summed E-state index contributed by atoms with van der Waals surface area (Å²) in [6.45, 7) is 19.6. The summed E-state index contributed by atoms with van der Waals surface area (Å²) < 4.78 is 196. The highest BCUT2D eigenvalue weighted by atomic mass is 32.3. The van der Waals surface area contributed by atoms with Crippen molar-refractivity contribution in [2.75, 3.05) is 0 Å². The van der Waals surface area contributed by atoms with Gasteiger partial charge in [0.1, 0.15) is 18.3 Å². The minimum Gasteiger partial charge on any atom is -0.390 e. The summed E-state index contributed by atoms with van der Waals surface area (Å²) in [5.41, 5.74) is -1.24. The topological polar surface area (TPSA) is 358 Å². The molecule has 9 aliphatic rings. The van der Waals surface area contributed by atoms with Crippen LogP contribution in [-0.4, -0.2) is 118 Å². The second-order valence-electron chi connectivity index (χ2n) is 28.1. The molecule has 0 heterocycles. The molecule has 0 saturated heterocycles. The average Bonchev–Trinajstić information content (AvgIpc) is 4.15. The van der Waals surface area contributed by atoms with E-state index in [4.69, 9.17) is 20.9 Å². The Hall–Kier alpha value is -1.25. The van der Waals surface area contributed by atoms with Crippen molar-refractivity contribution >= 4 is 52.0 Å². The largest absolute Gasteiger partial charge is 0.397 e. The Morgan fingerprint density at radius 3 is 1.46 bits per heavy atom. The van der Waals surface area contributed by atoms with Gasteiger partial charge in [0.15, 0.2) is 0 Å². The molecule has 81 heavy (non-hydrogen) atoms. The Morgan fingerprint density at radius 2 is 0.951 bits per heavy atom. The van der Waals surface area contributed by atoms with Crippen molar-refractivity contribution in [2.24, 2.45) is 104 Å². The molecule has 0 spiro atoms. The predicted octanol–water partition coefficient (Wildman–Crippen LogP) is 7.99. The van der Waals surface area contributed by atoms with Crippen molar-refractivity contribution in [1.82, 2.24) is 0 Å². The van der Waals surface area contributed by atoms with Crippen LogP contribution in [0.15, 0.2) is 24.3 Å². The molecule has 25 atom stereocenters. The average molecular weight is 1250 g/mol. The van der Waals surface area contributed by atoms with Crippen LogP contribution in [0.3, 0.4) is 0 Å². The van der Waals surface area contributed by atoms with Crippen LogP contribution in [-0.2, 0) is 72.9 Å². The number of rotatable bonds is 18. The van der Waals surface area contributed by atoms with Crippen LogP contribution in [0.1, 0.15) is 164 Å². The van der Waals surface area contributed by atoms with Crippen LogP contribution in [0.2, 0.25) is 0 Å². The Bertz CT molecular complexity index is 2990. The molecule has 9 saturated carbocycles. The zero-order chi connectivity index (χ0) is 59.8. The molecular formula is C54H88O22S5. The van der Waals surface area contributed by atoms with E-state index < -0.39 is 117 Å². The van der Waals surface area contributed by atoms with Gasteiger partial charge in [-0.2, -0.15) is 42.1 Å². The summed E-state index contributed by atoms with van der Waals surface area (Å²) in [6.07, 6.45) is 5.40. The number of aliphatic hydroxyl groups is 2. The Labute approximate surface area is 480 Å². The van der Waals surface area contributed by atoms with Crippen LogP contribution >= 0.6 is 0 Å². The van der Waals surface area contributed by atoms with Crippen molar-refractivity contribution in [3.8, 4) is 0 Å². The van der Waals surface area contributed by atoms with Crippen molar-refractivity contribution in [2.45, 2.75) is 207 Å². The SMILES string of the molecule is C=C1CCC(C)(/C=C/C(O)[C@@H](C)[C@H]2CC[C@H]3[C@@H]4C[C@H](OS(=O)(=O)O)[C@H]5C[C@@H](O)[C@@H](OS(=O)(=O)O)C[C@]5(C)[C@H]4CC[C@]23C)C1CC[C@@H](C)[C@H]1CC[C@H]2[C@@H]3C[C@H](OS(=O)(=O)O)[C@H]4C[C@H](OS(=O)(=O)O)[C@@H](OS(=O)(=O)O)C[C@]4(C)[C@H]3CC[C@]12C. The highest BCUT2D eigenvalue weighted by molar-refractivity contribution is 7.81. The maximum Gasteiger partial charge on any atom is 0.397 e. The Balaban J connectivity index is 0.867. The van der Waals surface area contributed by atoms with Gasteiger partial charge in [-0.1, -0.05) is 72.8 Å². The normalized spacial score (nSPS) is 46.9. The molecule has 0 aromatic heterocycles. The predicted molar refractivity (Wildman–Crippen MR) is 293 cm³/mol. The van der Waals surface area contributed by atoms with Crippen LogP contribution in [0.5, 0.6) is 0 Å². The fraction of sp³-hybridized carbons (Fsp3) is 0.926. The molecule has 0 aromatic rings. The van der Waals surface area contributed by atoms with E-state index in [1.807, 2.05) is 19.9 Å². The molecule has 3 unspecified atom stereocenters. The maximum absolute atomic E-state index is 12.4. The Kier molecular flexibility index (Phi) is 17.5. The molecule has 0 aromatic carbocycles. The van der Waals surface area contributed by atoms with E-state index in [0.717, 1.165) is 70.6 Å². The van der Waals surface area contributed by atoms with Gasteiger partial charge in [0.2, 0.25) is 0 Å². The van der Waals surface area contributed by atoms with Gasteiger partial charge in [0, 0.05) is 0 Å². The Morgan fingerprint density at radius 1 is 0.531 bits per heavy atom. The minimum atomic E-state index is -5.16. The van der Waals surface area contributed by atoms with Crippen LogP contribution in [0.4, 0.5) is 0 Å². The van der Waals surface area contributed by atoms with E-state index in [2.05, 4.69) is 47.3 Å². The number of allylic oxidation sites excluding steroid dienone is 2. The summed E-state index contributed by atoms with van der Waals surface area (Å²) in [5.74, 6) is -0.843. The fourth-order valence-corrected chi connectivity index (χ4v) is 23.6. The molecule has 27 heteroatoms. The lowest BCUT2D eigenvalue weighted by molar-refractivity contribution is -0.187. The molecule has 9 aliphatic carbocycles. The maximum atomic E-state index is 12.4. The molecule has 9 rings (SSSR count). The molecule has 0 amide bonds. The van der Waals surface area contributed by atoms with Gasteiger partial charge in [-0.15, -0.1) is 0 Å². The van der Waals surface area contributed by atoms with Gasteiger partial charge < -0.3 is 10.2 Å². The smallest absolute Gasteiger partial charge is 0.390 e. The first-order valence-corrected chi connectivity index (χ1v) is 35.9. The molecule has 7 N–H and O–H groups in total. The lowest BCUT2D eigenvalue weighted by Crippen LogP contribution is -2.62. The number of fused-ring (bicyclic) bond motifs is 10. The zero-order valence-electron chi connectivity index (χ0n) is 47.4. The van der Waals surface area contributed by atoms with Gasteiger partial charge in [-0.3, -0.25) is 22.8 Å². The lowest BCUT2D eigenvalue weighted by Gasteiger charge is -2.63. The molecular weight excluding hydrogens is 1160 g/mol. The first-order valence-electron chi connectivity index (χ1n) is 29.1. The second-order valence-corrected chi connectivity index (χ2v) is 33.4. The summed E-state index contributed by atoms with van der Waals surface area (Å²) in [5, 5.41) is 23.1. The van der Waals surface area contributed by atoms with Gasteiger partial charge in [-0.25, -0.2) is 20.9 Å². The van der Waals surface area contributed by atoms with E-state index in [1.54, 1.807) is 0 Å². The van der Waals surface area contributed by atoms with Gasteiger partial charge in [-0.05, 0) is 220 Å². The molecule has 0 bridgehead atoms. The van der Waals surface area contributed by atoms with Crippen molar-refractivity contribution < 1.29 is 96.0 Å². The first kappa shape index (κ1) is 64.2.